The summed E-state index contributed by atoms with van der Waals surface area (Å²) in [4.78, 5) is 0. The van der Waals surface area contributed by atoms with Crippen LogP contribution in [0.2, 0.25) is 0 Å². The molecule has 0 aromatic carbocycles. The summed E-state index contributed by atoms with van der Waals surface area (Å²) in [6, 6.07) is 1.47. The fourth-order valence-corrected chi connectivity index (χ4v) is 2.76. The van der Waals surface area contributed by atoms with Crippen molar-refractivity contribution in [2.24, 2.45) is 5.41 Å². The van der Waals surface area contributed by atoms with Gasteiger partial charge in [0, 0.05) is 12.1 Å². The summed E-state index contributed by atoms with van der Waals surface area (Å²) in [5.41, 5.74) is 0.527. The van der Waals surface area contributed by atoms with Crippen molar-refractivity contribution in [3.63, 3.8) is 0 Å². The third kappa shape index (κ3) is 4.14. The maximum atomic E-state index is 3.83. The lowest BCUT2D eigenvalue weighted by atomic mass is 9.87. The Labute approximate surface area is 96.0 Å². The molecule has 0 aromatic heterocycles. The van der Waals surface area contributed by atoms with Crippen LogP contribution in [0.4, 0.5) is 0 Å². The number of unbranched alkanes of at least 4 members (excludes halogenated alkanes) is 2. The quantitative estimate of drug-likeness (QED) is 0.652. The van der Waals surface area contributed by atoms with Crippen molar-refractivity contribution in [1.29, 1.82) is 0 Å². The molecule has 0 radical (unpaired) electrons. The van der Waals surface area contributed by atoms with Crippen LogP contribution in [0.5, 0.6) is 0 Å². The largest absolute Gasteiger partial charge is 0.311 e. The number of nitrogens with one attached hydrogen (secondary N) is 1. The topological polar surface area (TPSA) is 12.0 Å². The van der Waals surface area contributed by atoms with E-state index in [1.807, 2.05) is 0 Å². The molecule has 1 fully saturated rings. The lowest BCUT2D eigenvalue weighted by Gasteiger charge is -2.31. The van der Waals surface area contributed by atoms with Gasteiger partial charge in [-0.3, -0.25) is 0 Å². The summed E-state index contributed by atoms with van der Waals surface area (Å²) in [6.07, 6.45) is 9.64. The van der Waals surface area contributed by atoms with Crippen molar-refractivity contribution in [2.45, 2.75) is 84.7 Å². The highest BCUT2D eigenvalue weighted by molar-refractivity contribution is 4.91. The van der Waals surface area contributed by atoms with Gasteiger partial charge in [-0.15, -0.1) is 0 Å². The molecule has 15 heavy (non-hydrogen) atoms. The lowest BCUT2D eigenvalue weighted by Crippen LogP contribution is -2.42. The molecule has 90 valence electrons. The van der Waals surface area contributed by atoms with E-state index < -0.39 is 0 Å². The fourth-order valence-electron chi connectivity index (χ4n) is 2.76. The third-order valence-corrected chi connectivity index (χ3v) is 3.98. The van der Waals surface area contributed by atoms with E-state index in [2.05, 4.69) is 33.0 Å². The predicted octanol–water partition coefficient (Wildman–Crippen LogP) is 4.12. The zero-order chi connectivity index (χ0) is 11.3. The van der Waals surface area contributed by atoms with Crippen LogP contribution < -0.4 is 5.32 Å². The molecule has 1 aliphatic carbocycles. The lowest BCUT2D eigenvalue weighted by molar-refractivity contribution is 0.260. The van der Waals surface area contributed by atoms with Gasteiger partial charge in [-0.2, -0.15) is 0 Å². The molecule has 0 amide bonds. The Bertz CT molecular complexity index is 174. The second-order valence-corrected chi connectivity index (χ2v) is 6.00. The first-order chi connectivity index (χ1) is 7.06. The third-order valence-electron chi connectivity index (χ3n) is 3.98. The molecule has 1 saturated carbocycles. The molecule has 1 N–H and O–H groups in total. The van der Waals surface area contributed by atoms with Crippen molar-refractivity contribution in [3.8, 4) is 0 Å². The van der Waals surface area contributed by atoms with Crippen LogP contribution in [-0.4, -0.2) is 12.1 Å². The highest BCUT2D eigenvalue weighted by atomic mass is 15.0. The van der Waals surface area contributed by atoms with Gasteiger partial charge in [0.25, 0.3) is 0 Å². The van der Waals surface area contributed by atoms with Gasteiger partial charge in [0.1, 0.15) is 0 Å². The predicted molar refractivity (Wildman–Crippen MR) is 68.2 cm³/mol. The van der Waals surface area contributed by atoms with E-state index in [-0.39, 0.29) is 0 Å². The summed E-state index contributed by atoms with van der Waals surface area (Å²) in [7, 11) is 0. The molecule has 0 heterocycles. The van der Waals surface area contributed by atoms with Crippen LogP contribution in [-0.2, 0) is 0 Å². The SMILES string of the molecule is CCCCCC(C)NC1CCCC1(C)C. The maximum absolute atomic E-state index is 3.83. The Kier molecular flexibility index (Phi) is 5.11. The van der Waals surface area contributed by atoms with Crippen molar-refractivity contribution in [1.82, 2.24) is 5.32 Å². The van der Waals surface area contributed by atoms with E-state index >= 15 is 0 Å². The van der Waals surface area contributed by atoms with Gasteiger partial charge in [-0.25, -0.2) is 0 Å². The van der Waals surface area contributed by atoms with Gasteiger partial charge in [0.15, 0.2) is 0 Å². The van der Waals surface area contributed by atoms with E-state index in [0.29, 0.717) is 11.5 Å². The minimum atomic E-state index is 0.527. The fraction of sp³-hybridized carbons (Fsp3) is 1.00. The molecule has 1 aliphatic rings. The molecule has 0 saturated heterocycles. The van der Waals surface area contributed by atoms with Gasteiger partial charge in [-0.05, 0) is 31.6 Å². The van der Waals surface area contributed by atoms with Gasteiger partial charge in [-0.1, -0.05) is 46.5 Å². The first-order valence-electron chi connectivity index (χ1n) is 6.82. The van der Waals surface area contributed by atoms with E-state index in [9.17, 15) is 0 Å². The van der Waals surface area contributed by atoms with Crippen molar-refractivity contribution < 1.29 is 0 Å². The molecule has 1 rings (SSSR count). The standard InChI is InChI=1S/C14H29N/c1-5-6-7-9-12(2)15-13-10-8-11-14(13,3)4/h12-13,15H,5-11H2,1-4H3. The van der Waals surface area contributed by atoms with E-state index in [4.69, 9.17) is 0 Å². The van der Waals surface area contributed by atoms with Crippen LogP contribution in [0.15, 0.2) is 0 Å². The second-order valence-electron chi connectivity index (χ2n) is 6.00. The number of hydrogen-bond donors (Lipinski definition) is 1. The highest BCUT2D eigenvalue weighted by Gasteiger charge is 2.34. The van der Waals surface area contributed by atoms with E-state index in [0.717, 1.165) is 6.04 Å². The van der Waals surface area contributed by atoms with E-state index in [1.54, 1.807) is 0 Å². The molecule has 0 bridgehead atoms. The summed E-state index contributed by atoms with van der Waals surface area (Å²) in [5, 5.41) is 3.83. The van der Waals surface area contributed by atoms with Crippen LogP contribution in [0.1, 0.15) is 72.6 Å². The molecule has 2 unspecified atom stereocenters. The van der Waals surface area contributed by atoms with Gasteiger partial charge < -0.3 is 5.32 Å². The van der Waals surface area contributed by atoms with Crippen LogP contribution in [0, 0.1) is 5.41 Å². The number of hydrogen-bond acceptors (Lipinski definition) is 1. The van der Waals surface area contributed by atoms with Gasteiger partial charge >= 0.3 is 0 Å². The summed E-state index contributed by atoms with van der Waals surface area (Å²) >= 11 is 0. The summed E-state index contributed by atoms with van der Waals surface area (Å²) in [6.45, 7) is 9.45. The maximum Gasteiger partial charge on any atom is 0.0121 e. The Balaban J connectivity index is 2.22. The Morgan fingerprint density at radius 2 is 2.07 bits per heavy atom. The van der Waals surface area contributed by atoms with Crippen LogP contribution in [0.3, 0.4) is 0 Å². The van der Waals surface area contributed by atoms with E-state index in [1.165, 1.54) is 44.9 Å². The van der Waals surface area contributed by atoms with Crippen molar-refractivity contribution >= 4 is 0 Å². The molecule has 0 aliphatic heterocycles. The van der Waals surface area contributed by atoms with Crippen molar-refractivity contribution in [2.75, 3.05) is 0 Å². The zero-order valence-corrected chi connectivity index (χ0v) is 11.1. The smallest absolute Gasteiger partial charge is 0.0121 e. The molecule has 0 spiro atoms. The minimum absolute atomic E-state index is 0.527. The first-order valence-corrected chi connectivity index (χ1v) is 6.82. The van der Waals surface area contributed by atoms with Crippen molar-refractivity contribution in [3.05, 3.63) is 0 Å². The molecule has 1 heteroatoms. The Morgan fingerprint density at radius 3 is 2.60 bits per heavy atom. The van der Waals surface area contributed by atoms with Crippen LogP contribution in [0.25, 0.3) is 0 Å². The summed E-state index contributed by atoms with van der Waals surface area (Å²) in [5.74, 6) is 0. The summed E-state index contributed by atoms with van der Waals surface area (Å²) < 4.78 is 0. The monoisotopic (exact) mass is 211 g/mol. The van der Waals surface area contributed by atoms with Gasteiger partial charge in [0.2, 0.25) is 0 Å². The second kappa shape index (κ2) is 5.89. The molecular formula is C14H29N. The average molecular weight is 211 g/mol. The normalized spacial score (nSPS) is 26.8. The first kappa shape index (κ1) is 13.0. The van der Waals surface area contributed by atoms with Gasteiger partial charge in [0.05, 0.1) is 0 Å². The number of rotatable bonds is 6. The molecular weight excluding hydrogens is 182 g/mol. The minimum Gasteiger partial charge on any atom is -0.311 e. The molecule has 2 atom stereocenters. The Morgan fingerprint density at radius 1 is 1.33 bits per heavy atom. The zero-order valence-electron chi connectivity index (χ0n) is 11.1. The Hall–Kier alpha value is -0.0400. The van der Waals surface area contributed by atoms with Crippen LogP contribution >= 0.6 is 0 Å². The molecule has 1 nitrogen and oxygen atoms in total. The highest BCUT2D eigenvalue weighted by Crippen LogP contribution is 2.37. The average Bonchev–Trinajstić information content (AvgIpc) is 2.46. The molecule has 0 aromatic rings.